The number of halogens is 1. The van der Waals surface area contributed by atoms with E-state index in [4.69, 9.17) is 16.6 Å². The SMILES string of the molecule is ClC1=C\CCC/C(c2ccccc2)=N/C(c2ccccc2)=N\1. The van der Waals surface area contributed by atoms with Crippen LogP contribution in [-0.4, -0.2) is 11.5 Å². The first-order valence-electron chi connectivity index (χ1n) is 7.46. The molecule has 0 radical (unpaired) electrons. The van der Waals surface area contributed by atoms with Gasteiger partial charge in [-0.3, -0.25) is 0 Å². The van der Waals surface area contributed by atoms with Crippen LogP contribution in [0.3, 0.4) is 0 Å². The minimum atomic E-state index is 0.511. The van der Waals surface area contributed by atoms with Crippen molar-refractivity contribution in [3.63, 3.8) is 0 Å². The lowest BCUT2D eigenvalue weighted by molar-refractivity contribution is 0.893. The Morgan fingerprint density at radius 2 is 1.41 bits per heavy atom. The average Bonchev–Trinajstić information content (AvgIpc) is 2.67. The second-order valence-electron chi connectivity index (χ2n) is 5.15. The van der Waals surface area contributed by atoms with Crippen molar-refractivity contribution >= 4 is 23.1 Å². The highest BCUT2D eigenvalue weighted by atomic mass is 35.5. The standard InChI is InChI=1S/C19H17ClN2/c20-18-14-8-7-13-17(15-9-3-1-4-10-15)21-19(22-18)16-11-5-2-6-12-16/h1-6,9-12,14H,7-8,13H2/b18-14+,21-17-,22-19-. The predicted molar refractivity (Wildman–Crippen MR) is 93.7 cm³/mol. The Labute approximate surface area is 135 Å². The third-order valence-corrected chi connectivity index (χ3v) is 3.76. The van der Waals surface area contributed by atoms with Crippen molar-refractivity contribution in [2.45, 2.75) is 19.3 Å². The monoisotopic (exact) mass is 308 g/mol. The van der Waals surface area contributed by atoms with Crippen LogP contribution in [0.1, 0.15) is 30.4 Å². The molecule has 3 rings (SSSR count). The molecule has 22 heavy (non-hydrogen) atoms. The topological polar surface area (TPSA) is 24.7 Å². The van der Waals surface area contributed by atoms with Crippen molar-refractivity contribution in [2.24, 2.45) is 9.98 Å². The van der Waals surface area contributed by atoms with Crippen LogP contribution in [0.25, 0.3) is 0 Å². The lowest BCUT2D eigenvalue weighted by Crippen LogP contribution is -2.06. The minimum Gasteiger partial charge on any atom is -0.232 e. The molecule has 0 fully saturated rings. The maximum absolute atomic E-state index is 6.21. The molecule has 0 aromatic heterocycles. The van der Waals surface area contributed by atoms with Crippen LogP contribution in [0.4, 0.5) is 0 Å². The number of allylic oxidation sites excluding steroid dienone is 1. The van der Waals surface area contributed by atoms with Gasteiger partial charge in [0.1, 0.15) is 5.16 Å². The van der Waals surface area contributed by atoms with Crippen molar-refractivity contribution in [2.75, 3.05) is 0 Å². The lowest BCUT2D eigenvalue weighted by atomic mass is 10.0. The largest absolute Gasteiger partial charge is 0.232 e. The van der Waals surface area contributed by atoms with Crippen LogP contribution in [0.2, 0.25) is 0 Å². The van der Waals surface area contributed by atoms with E-state index in [1.165, 1.54) is 0 Å². The van der Waals surface area contributed by atoms with E-state index < -0.39 is 0 Å². The van der Waals surface area contributed by atoms with Crippen molar-refractivity contribution in [1.29, 1.82) is 0 Å². The summed E-state index contributed by atoms with van der Waals surface area (Å²) in [7, 11) is 0. The Morgan fingerprint density at radius 3 is 2.09 bits per heavy atom. The van der Waals surface area contributed by atoms with Crippen LogP contribution < -0.4 is 0 Å². The molecule has 0 amide bonds. The number of benzene rings is 2. The van der Waals surface area contributed by atoms with Crippen molar-refractivity contribution in [3.8, 4) is 0 Å². The van der Waals surface area contributed by atoms with Gasteiger partial charge in [-0.05, 0) is 30.9 Å². The van der Waals surface area contributed by atoms with Crippen LogP contribution in [0, 0.1) is 0 Å². The Hall–Kier alpha value is -2.19. The molecular weight excluding hydrogens is 292 g/mol. The Balaban J connectivity index is 2.08. The quantitative estimate of drug-likeness (QED) is 0.682. The summed E-state index contributed by atoms with van der Waals surface area (Å²) in [6.07, 6.45) is 4.81. The Kier molecular flexibility index (Phi) is 4.81. The number of rotatable bonds is 2. The summed E-state index contributed by atoms with van der Waals surface area (Å²) in [6.45, 7) is 0. The molecule has 2 aromatic rings. The molecular formula is C19H17ClN2. The summed E-state index contributed by atoms with van der Waals surface area (Å²) in [6, 6.07) is 20.2. The van der Waals surface area contributed by atoms with Gasteiger partial charge in [0.05, 0.1) is 5.71 Å². The summed E-state index contributed by atoms with van der Waals surface area (Å²) in [4.78, 5) is 9.33. The van der Waals surface area contributed by atoms with Crippen LogP contribution in [0.15, 0.2) is 81.9 Å². The fraction of sp³-hybridized carbons (Fsp3) is 0.158. The van der Waals surface area contributed by atoms with Gasteiger partial charge in [-0.25, -0.2) is 9.98 Å². The van der Waals surface area contributed by atoms with E-state index in [2.05, 4.69) is 17.1 Å². The van der Waals surface area contributed by atoms with Gasteiger partial charge in [0.2, 0.25) is 0 Å². The summed E-state index contributed by atoms with van der Waals surface area (Å²) < 4.78 is 0. The van der Waals surface area contributed by atoms with Crippen LogP contribution >= 0.6 is 11.6 Å². The van der Waals surface area contributed by atoms with Gasteiger partial charge >= 0.3 is 0 Å². The molecule has 3 heteroatoms. The van der Waals surface area contributed by atoms with E-state index in [1.807, 2.05) is 54.6 Å². The summed E-state index contributed by atoms with van der Waals surface area (Å²) in [5, 5.41) is 0.511. The maximum atomic E-state index is 6.21. The van der Waals surface area contributed by atoms with Gasteiger partial charge in [-0.2, -0.15) is 0 Å². The average molecular weight is 309 g/mol. The molecule has 0 aliphatic carbocycles. The molecule has 2 aromatic carbocycles. The molecule has 2 nitrogen and oxygen atoms in total. The first-order chi connectivity index (χ1) is 10.8. The summed E-state index contributed by atoms with van der Waals surface area (Å²) in [5.41, 5.74) is 3.18. The second kappa shape index (κ2) is 7.19. The normalized spacial score (nSPS) is 22.9. The van der Waals surface area contributed by atoms with Crippen LogP contribution in [0.5, 0.6) is 0 Å². The first-order valence-corrected chi connectivity index (χ1v) is 7.83. The molecule has 0 saturated carbocycles. The molecule has 1 aliphatic heterocycles. The lowest BCUT2D eigenvalue weighted by Gasteiger charge is -2.07. The number of hydrogen-bond donors (Lipinski definition) is 0. The molecule has 1 aliphatic rings. The van der Waals surface area contributed by atoms with E-state index in [9.17, 15) is 0 Å². The highest BCUT2D eigenvalue weighted by molar-refractivity contribution is 6.30. The van der Waals surface area contributed by atoms with Gasteiger partial charge in [0, 0.05) is 5.56 Å². The van der Waals surface area contributed by atoms with Gasteiger partial charge in [-0.1, -0.05) is 72.3 Å². The van der Waals surface area contributed by atoms with E-state index in [0.29, 0.717) is 11.0 Å². The number of nitrogens with zero attached hydrogens (tertiary/aromatic N) is 2. The molecule has 0 bridgehead atoms. The number of hydrogen-bond acceptors (Lipinski definition) is 2. The summed E-state index contributed by atoms with van der Waals surface area (Å²) in [5.74, 6) is 0.669. The van der Waals surface area contributed by atoms with E-state index in [-0.39, 0.29) is 0 Å². The molecule has 0 spiro atoms. The molecule has 0 saturated heterocycles. The predicted octanol–water partition coefficient (Wildman–Crippen LogP) is 5.19. The Bertz CT molecular complexity index is 716. The van der Waals surface area contributed by atoms with Gasteiger partial charge in [0.25, 0.3) is 0 Å². The Morgan fingerprint density at radius 1 is 0.773 bits per heavy atom. The number of amidine groups is 1. The maximum Gasteiger partial charge on any atom is 0.161 e. The molecule has 0 unspecified atom stereocenters. The zero-order chi connectivity index (χ0) is 15.2. The van der Waals surface area contributed by atoms with Gasteiger partial charge in [-0.15, -0.1) is 0 Å². The molecule has 0 N–H and O–H groups in total. The van der Waals surface area contributed by atoms with Crippen molar-refractivity contribution in [3.05, 3.63) is 83.0 Å². The van der Waals surface area contributed by atoms with E-state index in [0.717, 1.165) is 36.1 Å². The minimum absolute atomic E-state index is 0.511. The summed E-state index contributed by atoms with van der Waals surface area (Å²) >= 11 is 6.21. The van der Waals surface area contributed by atoms with Crippen LogP contribution in [-0.2, 0) is 0 Å². The van der Waals surface area contributed by atoms with Gasteiger partial charge < -0.3 is 0 Å². The van der Waals surface area contributed by atoms with E-state index >= 15 is 0 Å². The highest BCUT2D eigenvalue weighted by Crippen LogP contribution is 2.17. The zero-order valence-corrected chi connectivity index (χ0v) is 13.0. The van der Waals surface area contributed by atoms with E-state index in [1.54, 1.807) is 0 Å². The number of aliphatic imine (C=N–C) groups is 2. The zero-order valence-electron chi connectivity index (χ0n) is 12.2. The molecule has 1 heterocycles. The molecule has 0 atom stereocenters. The smallest absolute Gasteiger partial charge is 0.161 e. The highest BCUT2D eigenvalue weighted by Gasteiger charge is 2.10. The third kappa shape index (κ3) is 3.71. The fourth-order valence-electron chi connectivity index (χ4n) is 2.40. The second-order valence-corrected chi connectivity index (χ2v) is 5.53. The molecule has 110 valence electrons. The van der Waals surface area contributed by atoms with Crippen molar-refractivity contribution < 1.29 is 0 Å². The van der Waals surface area contributed by atoms with Gasteiger partial charge in [0.15, 0.2) is 5.84 Å². The van der Waals surface area contributed by atoms with Crippen molar-refractivity contribution in [1.82, 2.24) is 0 Å². The first kappa shape index (κ1) is 14.7. The fourth-order valence-corrected chi connectivity index (χ4v) is 2.59. The third-order valence-electron chi connectivity index (χ3n) is 3.52.